The van der Waals surface area contributed by atoms with E-state index in [-0.39, 0.29) is 29.4 Å². The Labute approximate surface area is 221 Å². The van der Waals surface area contributed by atoms with Crippen LogP contribution in [-0.4, -0.2) is 25.5 Å². The van der Waals surface area contributed by atoms with E-state index in [0.717, 1.165) is 11.3 Å². The monoisotopic (exact) mass is 527 g/mol. The topological polar surface area (TPSA) is 73.9 Å². The second-order valence-corrected chi connectivity index (χ2v) is 10.5. The lowest BCUT2D eigenvalue weighted by Crippen LogP contribution is -2.38. The van der Waals surface area contributed by atoms with E-state index in [1.54, 1.807) is 20.1 Å². The third-order valence-electron chi connectivity index (χ3n) is 6.66. The molecule has 2 aliphatic rings. The summed E-state index contributed by atoms with van der Waals surface area (Å²) < 4.78 is 30.4. The maximum atomic E-state index is 13.6. The molecule has 1 aliphatic carbocycles. The van der Waals surface area contributed by atoms with E-state index in [2.05, 4.69) is 19.2 Å². The van der Waals surface area contributed by atoms with Crippen molar-refractivity contribution in [2.45, 2.75) is 53.1 Å². The molecule has 0 saturated heterocycles. The summed E-state index contributed by atoms with van der Waals surface area (Å²) in [5.41, 5.74) is 3.77. The van der Waals surface area contributed by atoms with E-state index in [1.807, 2.05) is 19.1 Å². The van der Waals surface area contributed by atoms with E-state index in [1.165, 1.54) is 18.2 Å². The third-order valence-corrected chi connectivity index (χ3v) is 6.95. The molecule has 0 fully saturated rings. The number of rotatable bonds is 7. The lowest BCUT2D eigenvalue weighted by Gasteiger charge is -2.39. The molecule has 196 valence electrons. The first-order valence-corrected chi connectivity index (χ1v) is 12.6. The molecule has 2 aromatic rings. The van der Waals surface area contributed by atoms with Crippen molar-refractivity contribution >= 4 is 23.4 Å². The second kappa shape index (κ2) is 10.6. The highest BCUT2D eigenvalue weighted by molar-refractivity contribution is 6.30. The van der Waals surface area contributed by atoms with Crippen molar-refractivity contribution in [3.8, 4) is 11.5 Å². The van der Waals surface area contributed by atoms with Gasteiger partial charge in [-0.25, -0.2) is 9.18 Å². The van der Waals surface area contributed by atoms with Gasteiger partial charge in [0.2, 0.25) is 0 Å². The van der Waals surface area contributed by atoms with E-state index in [9.17, 15) is 14.0 Å². The van der Waals surface area contributed by atoms with E-state index in [4.69, 9.17) is 25.8 Å². The number of allylic oxidation sites excluding steroid dienone is 3. The van der Waals surface area contributed by atoms with Crippen LogP contribution in [0, 0.1) is 11.2 Å². The van der Waals surface area contributed by atoms with Crippen LogP contribution in [0.15, 0.2) is 58.9 Å². The fourth-order valence-corrected chi connectivity index (χ4v) is 5.24. The van der Waals surface area contributed by atoms with Crippen LogP contribution in [0.4, 0.5) is 4.39 Å². The highest BCUT2D eigenvalue weighted by atomic mass is 35.5. The first-order valence-electron chi connectivity index (χ1n) is 12.2. The first kappa shape index (κ1) is 26.7. The van der Waals surface area contributed by atoms with Crippen LogP contribution in [0.25, 0.3) is 0 Å². The van der Waals surface area contributed by atoms with Crippen LogP contribution < -0.4 is 14.8 Å². The number of carbonyl (C=O) groups is 2. The third kappa shape index (κ3) is 5.52. The van der Waals surface area contributed by atoms with Crippen LogP contribution in [0.5, 0.6) is 11.5 Å². The molecule has 1 heterocycles. The normalized spacial score (nSPS) is 18.8. The van der Waals surface area contributed by atoms with Gasteiger partial charge in [0, 0.05) is 40.9 Å². The molecule has 0 amide bonds. The van der Waals surface area contributed by atoms with Crippen molar-refractivity contribution in [2.75, 3.05) is 13.7 Å². The molecule has 1 aliphatic heterocycles. The van der Waals surface area contributed by atoms with Gasteiger partial charge in [-0.15, -0.1) is 0 Å². The Morgan fingerprint density at radius 1 is 1.19 bits per heavy atom. The number of ether oxygens (including phenoxy) is 3. The van der Waals surface area contributed by atoms with Crippen molar-refractivity contribution in [3.63, 3.8) is 0 Å². The summed E-state index contributed by atoms with van der Waals surface area (Å²) in [5, 5.41) is 3.30. The van der Waals surface area contributed by atoms with Gasteiger partial charge in [0.1, 0.15) is 23.9 Å². The quantitative estimate of drug-likeness (QED) is 0.430. The summed E-state index contributed by atoms with van der Waals surface area (Å²) in [5.74, 6) is -0.599. The highest BCUT2D eigenvalue weighted by Crippen LogP contribution is 2.47. The number of carbonyl (C=O) groups excluding carboxylic acids is 2. The average Bonchev–Trinajstić information content (AvgIpc) is 2.83. The summed E-state index contributed by atoms with van der Waals surface area (Å²) >= 11 is 5.89. The van der Waals surface area contributed by atoms with Gasteiger partial charge in [-0.3, -0.25) is 4.79 Å². The van der Waals surface area contributed by atoms with Crippen LogP contribution in [0.1, 0.15) is 57.6 Å². The Balaban J connectivity index is 1.78. The molecule has 6 nitrogen and oxygen atoms in total. The van der Waals surface area contributed by atoms with E-state index < -0.39 is 17.7 Å². The predicted octanol–water partition coefficient (Wildman–Crippen LogP) is 6.23. The van der Waals surface area contributed by atoms with E-state index in [0.29, 0.717) is 46.7 Å². The molecule has 2 aromatic carbocycles. The number of hydrogen-bond donors (Lipinski definition) is 1. The molecule has 8 heteroatoms. The smallest absolute Gasteiger partial charge is 0.336 e. The van der Waals surface area contributed by atoms with Crippen molar-refractivity contribution < 1.29 is 28.2 Å². The number of ketones is 1. The average molecular weight is 528 g/mol. The molecule has 37 heavy (non-hydrogen) atoms. The maximum absolute atomic E-state index is 13.6. The number of methoxy groups -OCH3 is 1. The van der Waals surface area contributed by atoms with Gasteiger partial charge >= 0.3 is 5.97 Å². The largest absolute Gasteiger partial charge is 0.496 e. The Bertz CT molecular complexity index is 1310. The van der Waals surface area contributed by atoms with Gasteiger partial charge in [0.25, 0.3) is 0 Å². The molecule has 0 bridgehead atoms. The summed E-state index contributed by atoms with van der Waals surface area (Å²) in [6, 6.07) is 9.67. The summed E-state index contributed by atoms with van der Waals surface area (Å²) in [6.07, 6.45) is 1.08. The molecule has 0 spiro atoms. The van der Waals surface area contributed by atoms with Gasteiger partial charge in [-0.2, -0.15) is 0 Å². The fraction of sp³-hybridized carbons (Fsp3) is 0.379. The summed E-state index contributed by atoms with van der Waals surface area (Å²) in [6.45, 7) is 8.04. The SMILES string of the molecule is CCOC(=O)C1=C(C)NC2=C(C(=O)CC(C)(C)C2)[C@H]1c1ccc(OC)c(COc2ccc(F)c(Cl)c2)c1. The van der Waals surface area contributed by atoms with Crippen molar-refractivity contribution in [2.24, 2.45) is 5.41 Å². The molecule has 1 atom stereocenters. The van der Waals surface area contributed by atoms with Gasteiger partial charge < -0.3 is 19.5 Å². The minimum Gasteiger partial charge on any atom is -0.496 e. The Kier molecular flexibility index (Phi) is 7.64. The number of nitrogens with one attached hydrogen (secondary N) is 1. The zero-order valence-corrected chi connectivity index (χ0v) is 22.4. The lowest BCUT2D eigenvalue weighted by molar-refractivity contribution is -0.138. The number of hydrogen-bond acceptors (Lipinski definition) is 6. The number of benzene rings is 2. The zero-order chi connectivity index (χ0) is 26.9. The Hall–Kier alpha value is -3.32. The van der Waals surface area contributed by atoms with Crippen LogP contribution in [0.2, 0.25) is 5.02 Å². The molecule has 0 aromatic heterocycles. The molecule has 1 N–H and O–H groups in total. The van der Waals surface area contributed by atoms with Gasteiger partial charge in [0.05, 0.1) is 24.3 Å². The number of Topliss-reactive ketones (excluding diaryl/α,β-unsaturated/α-hetero) is 1. The number of esters is 1. The second-order valence-electron chi connectivity index (χ2n) is 10.1. The van der Waals surface area contributed by atoms with Gasteiger partial charge in [0.15, 0.2) is 5.78 Å². The van der Waals surface area contributed by atoms with E-state index >= 15 is 0 Å². The van der Waals surface area contributed by atoms with Crippen molar-refractivity contribution in [3.05, 3.63) is 80.9 Å². The zero-order valence-electron chi connectivity index (χ0n) is 21.7. The minimum atomic E-state index is -0.594. The van der Waals surface area contributed by atoms with Gasteiger partial charge in [-0.1, -0.05) is 31.5 Å². The number of dihydropyridines is 1. The summed E-state index contributed by atoms with van der Waals surface area (Å²) in [4.78, 5) is 26.6. The van der Waals surface area contributed by atoms with Crippen LogP contribution in [-0.2, 0) is 20.9 Å². The molecular formula is C29H31ClFNO5. The predicted molar refractivity (Wildman–Crippen MR) is 139 cm³/mol. The van der Waals surface area contributed by atoms with Crippen molar-refractivity contribution in [1.29, 1.82) is 0 Å². The molecule has 0 radical (unpaired) electrons. The first-order chi connectivity index (χ1) is 17.5. The highest BCUT2D eigenvalue weighted by Gasteiger charge is 2.43. The lowest BCUT2D eigenvalue weighted by atomic mass is 9.68. The molecular weight excluding hydrogens is 497 g/mol. The minimum absolute atomic E-state index is 0.00706. The fourth-order valence-electron chi connectivity index (χ4n) is 5.07. The summed E-state index contributed by atoms with van der Waals surface area (Å²) in [7, 11) is 1.55. The molecule has 0 saturated carbocycles. The van der Waals surface area contributed by atoms with Crippen molar-refractivity contribution in [1.82, 2.24) is 5.32 Å². The van der Waals surface area contributed by atoms with Crippen LogP contribution in [0.3, 0.4) is 0 Å². The standard InChI is InChI=1S/C29H31ClFNO5/c1-6-36-28(34)25-16(2)32-22-13-29(3,4)14-23(33)27(22)26(25)17-7-10-24(35-5)18(11-17)15-37-19-8-9-21(31)20(30)12-19/h7-12,26,32H,6,13-15H2,1-5H3/t26-/m0/s1. The van der Waals surface area contributed by atoms with Crippen LogP contribution >= 0.6 is 11.6 Å². The van der Waals surface area contributed by atoms with Gasteiger partial charge in [-0.05, 0) is 55.5 Å². The number of halogens is 2. The molecule has 0 unspecified atom stereocenters. The Morgan fingerprint density at radius 2 is 1.95 bits per heavy atom. The molecule has 4 rings (SSSR count). The Morgan fingerprint density at radius 3 is 2.62 bits per heavy atom. The maximum Gasteiger partial charge on any atom is 0.336 e.